The monoisotopic (exact) mass is 370 g/mol. The zero-order chi connectivity index (χ0) is 19.4. The van der Waals surface area contributed by atoms with E-state index in [1.165, 1.54) is 0 Å². The number of aliphatic hydroxyl groups excluding tert-OH is 3. The topological polar surface area (TPSA) is 107 Å². The Labute approximate surface area is 156 Å². The minimum atomic E-state index is -0.852. The number of allylic oxidation sites excluding steroid dienone is 1. The SMILES string of the molecule is CCCCC[C@H](O)/C=C/[C@H](O)[C@@H]1C[C@@H](O)[C@H](C/C=C\CCCC(=O)O)O1. The van der Waals surface area contributed by atoms with Gasteiger partial charge in [0.05, 0.1) is 30.5 Å². The third-order valence-corrected chi connectivity index (χ3v) is 4.56. The Morgan fingerprint density at radius 1 is 1.19 bits per heavy atom. The fourth-order valence-electron chi connectivity index (χ4n) is 2.98. The van der Waals surface area contributed by atoms with Gasteiger partial charge >= 0.3 is 5.97 Å². The predicted octanol–water partition coefficient (Wildman–Crippen LogP) is 2.56. The number of ether oxygens (including phenoxy) is 1. The van der Waals surface area contributed by atoms with Gasteiger partial charge in [0.15, 0.2) is 0 Å². The minimum absolute atomic E-state index is 0.151. The molecular formula is C20H34O6. The molecule has 1 heterocycles. The van der Waals surface area contributed by atoms with Crippen molar-refractivity contribution in [3.05, 3.63) is 24.3 Å². The number of hydrogen-bond donors (Lipinski definition) is 4. The molecule has 1 rings (SSSR count). The van der Waals surface area contributed by atoms with Gasteiger partial charge in [-0.2, -0.15) is 0 Å². The molecule has 0 aromatic heterocycles. The van der Waals surface area contributed by atoms with Crippen molar-refractivity contribution < 1.29 is 30.0 Å². The average Bonchev–Trinajstić information content (AvgIpc) is 2.97. The van der Waals surface area contributed by atoms with Crippen LogP contribution in [0.15, 0.2) is 24.3 Å². The summed E-state index contributed by atoms with van der Waals surface area (Å²) in [5, 5.41) is 38.7. The van der Waals surface area contributed by atoms with E-state index in [9.17, 15) is 20.1 Å². The standard InChI is InChI=1S/C20H34O6/c1-2-3-6-9-15(21)12-13-16(22)19-14-17(23)18(26-19)10-7-4-5-8-11-20(24)25/h4,7,12-13,15-19,21-23H,2-3,5-6,8-11,14H2,1H3,(H,24,25)/b7-4-,13-12+/t15-,16-,17+,18-,19-/m0/s1. The zero-order valence-electron chi connectivity index (χ0n) is 15.7. The fourth-order valence-corrected chi connectivity index (χ4v) is 2.98. The van der Waals surface area contributed by atoms with E-state index in [1.807, 2.05) is 12.2 Å². The van der Waals surface area contributed by atoms with Crippen molar-refractivity contribution in [3.8, 4) is 0 Å². The van der Waals surface area contributed by atoms with E-state index in [0.29, 0.717) is 32.1 Å². The summed E-state index contributed by atoms with van der Waals surface area (Å²) in [7, 11) is 0. The summed E-state index contributed by atoms with van der Waals surface area (Å²) < 4.78 is 5.73. The van der Waals surface area contributed by atoms with Gasteiger partial charge in [-0.15, -0.1) is 0 Å². The highest BCUT2D eigenvalue weighted by atomic mass is 16.5. The van der Waals surface area contributed by atoms with Crippen LogP contribution in [0.5, 0.6) is 0 Å². The van der Waals surface area contributed by atoms with Crippen LogP contribution < -0.4 is 0 Å². The van der Waals surface area contributed by atoms with Gasteiger partial charge < -0.3 is 25.2 Å². The van der Waals surface area contributed by atoms with Crippen LogP contribution in [0.4, 0.5) is 0 Å². The lowest BCUT2D eigenvalue weighted by Gasteiger charge is -2.16. The van der Waals surface area contributed by atoms with Crippen LogP contribution in [0.2, 0.25) is 0 Å². The minimum Gasteiger partial charge on any atom is -0.481 e. The van der Waals surface area contributed by atoms with Crippen LogP contribution in [0.3, 0.4) is 0 Å². The third kappa shape index (κ3) is 9.48. The van der Waals surface area contributed by atoms with E-state index in [-0.39, 0.29) is 12.5 Å². The van der Waals surface area contributed by atoms with E-state index in [1.54, 1.807) is 12.2 Å². The van der Waals surface area contributed by atoms with E-state index in [2.05, 4.69) is 6.92 Å². The Kier molecular flexibility index (Phi) is 11.4. The zero-order valence-corrected chi connectivity index (χ0v) is 15.7. The van der Waals surface area contributed by atoms with Gasteiger partial charge in [-0.1, -0.05) is 50.5 Å². The Morgan fingerprint density at radius 2 is 1.96 bits per heavy atom. The van der Waals surface area contributed by atoms with Gasteiger partial charge in [-0.25, -0.2) is 0 Å². The smallest absolute Gasteiger partial charge is 0.303 e. The first kappa shape index (κ1) is 22.8. The van der Waals surface area contributed by atoms with Crippen LogP contribution in [-0.2, 0) is 9.53 Å². The summed E-state index contributed by atoms with van der Waals surface area (Å²) >= 11 is 0. The van der Waals surface area contributed by atoms with Crippen molar-refractivity contribution in [2.45, 2.75) is 95.2 Å². The highest BCUT2D eigenvalue weighted by Crippen LogP contribution is 2.26. The molecular weight excluding hydrogens is 336 g/mol. The average molecular weight is 370 g/mol. The Morgan fingerprint density at radius 3 is 2.65 bits per heavy atom. The van der Waals surface area contributed by atoms with Crippen molar-refractivity contribution in [1.29, 1.82) is 0 Å². The molecule has 0 unspecified atom stereocenters. The molecule has 1 fully saturated rings. The lowest BCUT2D eigenvalue weighted by Crippen LogP contribution is -2.24. The molecule has 0 spiro atoms. The number of aliphatic hydroxyl groups is 3. The largest absolute Gasteiger partial charge is 0.481 e. The van der Waals surface area contributed by atoms with Crippen molar-refractivity contribution in [3.63, 3.8) is 0 Å². The molecule has 1 saturated heterocycles. The first-order valence-electron chi connectivity index (χ1n) is 9.68. The highest BCUT2D eigenvalue weighted by molar-refractivity contribution is 5.66. The van der Waals surface area contributed by atoms with Crippen molar-refractivity contribution in [2.24, 2.45) is 0 Å². The molecule has 0 saturated carbocycles. The highest BCUT2D eigenvalue weighted by Gasteiger charge is 2.36. The summed E-state index contributed by atoms with van der Waals surface area (Å²) in [6, 6.07) is 0. The summed E-state index contributed by atoms with van der Waals surface area (Å²) in [5.41, 5.74) is 0. The Hall–Kier alpha value is -1.21. The Balaban J connectivity index is 2.30. The summed E-state index contributed by atoms with van der Waals surface area (Å²) in [5.74, 6) is -0.798. The maximum absolute atomic E-state index is 10.4. The summed E-state index contributed by atoms with van der Waals surface area (Å²) in [6.07, 6.45) is 10.2. The number of rotatable bonds is 13. The van der Waals surface area contributed by atoms with Crippen LogP contribution >= 0.6 is 0 Å². The van der Waals surface area contributed by atoms with Gasteiger partial charge in [0.25, 0.3) is 0 Å². The second-order valence-electron chi connectivity index (χ2n) is 6.95. The fraction of sp³-hybridized carbons (Fsp3) is 0.750. The molecule has 4 N–H and O–H groups in total. The van der Waals surface area contributed by atoms with Crippen LogP contribution in [-0.4, -0.2) is 56.9 Å². The number of aliphatic carboxylic acids is 1. The molecule has 0 aromatic carbocycles. The maximum atomic E-state index is 10.4. The third-order valence-electron chi connectivity index (χ3n) is 4.56. The molecule has 0 aliphatic carbocycles. The van der Waals surface area contributed by atoms with Crippen LogP contribution in [0, 0.1) is 0 Å². The van der Waals surface area contributed by atoms with Crippen molar-refractivity contribution in [1.82, 2.24) is 0 Å². The molecule has 1 aliphatic rings. The molecule has 6 heteroatoms. The molecule has 6 nitrogen and oxygen atoms in total. The van der Waals surface area contributed by atoms with E-state index in [4.69, 9.17) is 9.84 Å². The molecule has 0 radical (unpaired) electrons. The van der Waals surface area contributed by atoms with Gasteiger partial charge in [0, 0.05) is 12.8 Å². The number of carboxylic acid groups (broad SMARTS) is 1. The van der Waals surface area contributed by atoms with E-state index < -0.39 is 30.4 Å². The number of hydrogen-bond acceptors (Lipinski definition) is 5. The lowest BCUT2D eigenvalue weighted by molar-refractivity contribution is -0.137. The number of carboxylic acids is 1. The molecule has 1 aliphatic heterocycles. The second-order valence-corrected chi connectivity index (χ2v) is 6.95. The van der Waals surface area contributed by atoms with Gasteiger partial charge in [0.2, 0.25) is 0 Å². The molecule has 150 valence electrons. The molecule has 26 heavy (non-hydrogen) atoms. The van der Waals surface area contributed by atoms with Crippen LogP contribution in [0.1, 0.15) is 64.7 Å². The maximum Gasteiger partial charge on any atom is 0.303 e. The van der Waals surface area contributed by atoms with Gasteiger partial charge in [-0.05, 0) is 25.7 Å². The van der Waals surface area contributed by atoms with E-state index >= 15 is 0 Å². The quantitative estimate of drug-likeness (QED) is 0.293. The van der Waals surface area contributed by atoms with Gasteiger partial charge in [-0.3, -0.25) is 4.79 Å². The molecule has 0 bridgehead atoms. The number of unbranched alkanes of at least 4 members (excludes halogenated alkanes) is 3. The lowest BCUT2D eigenvalue weighted by atomic mass is 10.0. The van der Waals surface area contributed by atoms with Crippen molar-refractivity contribution in [2.75, 3.05) is 0 Å². The van der Waals surface area contributed by atoms with Crippen LogP contribution in [0.25, 0.3) is 0 Å². The van der Waals surface area contributed by atoms with Crippen molar-refractivity contribution >= 4 is 5.97 Å². The van der Waals surface area contributed by atoms with Gasteiger partial charge in [0.1, 0.15) is 0 Å². The molecule has 5 atom stereocenters. The summed E-state index contributed by atoms with van der Waals surface area (Å²) in [4.78, 5) is 10.4. The Bertz CT molecular complexity index is 448. The first-order valence-corrected chi connectivity index (χ1v) is 9.68. The van der Waals surface area contributed by atoms with E-state index in [0.717, 1.165) is 19.3 Å². The predicted molar refractivity (Wildman–Crippen MR) is 99.8 cm³/mol. The molecule has 0 amide bonds. The summed E-state index contributed by atoms with van der Waals surface area (Å²) in [6.45, 7) is 2.11. The normalized spacial score (nSPS) is 25.9. The first-order chi connectivity index (χ1) is 12.4. The number of carbonyl (C=O) groups is 1. The molecule has 0 aromatic rings. The second kappa shape index (κ2) is 13.0.